The first-order valence-electron chi connectivity index (χ1n) is 10.2. The zero-order valence-electron chi connectivity index (χ0n) is 18.1. The maximum absolute atomic E-state index is 12.5. The Balaban J connectivity index is 1.41. The van der Waals surface area contributed by atoms with Crippen molar-refractivity contribution in [1.82, 2.24) is 14.8 Å². The number of amides is 1. The molecule has 6 nitrogen and oxygen atoms in total. The summed E-state index contributed by atoms with van der Waals surface area (Å²) < 4.78 is 1.84. The molecule has 1 aromatic heterocycles. The molecule has 0 aliphatic heterocycles. The highest BCUT2D eigenvalue weighted by Crippen LogP contribution is 2.25. The van der Waals surface area contributed by atoms with Crippen LogP contribution in [0.5, 0.6) is 0 Å². The van der Waals surface area contributed by atoms with E-state index in [1.54, 1.807) is 24.3 Å². The molecule has 0 aliphatic rings. The average molecular weight is 477 g/mol. The van der Waals surface area contributed by atoms with Crippen molar-refractivity contribution in [3.8, 4) is 11.4 Å². The predicted molar refractivity (Wildman–Crippen MR) is 132 cm³/mol. The van der Waals surface area contributed by atoms with Crippen molar-refractivity contribution in [3.63, 3.8) is 0 Å². The Hall–Kier alpha value is -3.42. The fourth-order valence-electron chi connectivity index (χ4n) is 3.17. The van der Waals surface area contributed by atoms with Crippen molar-refractivity contribution in [2.24, 2.45) is 7.05 Å². The van der Waals surface area contributed by atoms with Gasteiger partial charge in [0.1, 0.15) is 0 Å². The molecule has 0 saturated heterocycles. The SMILES string of the molecule is Cc1ccc(C(=O)CSc2nnc(-c3ccc(NC(=O)c4ccccc4)cc3)n2C)cc1Cl. The third kappa shape index (κ3) is 5.32. The molecule has 0 aliphatic carbocycles. The van der Waals surface area contributed by atoms with Crippen LogP contribution in [-0.2, 0) is 7.05 Å². The molecular weight excluding hydrogens is 456 g/mol. The van der Waals surface area contributed by atoms with Gasteiger partial charge in [-0.25, -0.2) is 0 Å². The van der Waals surface area contributed by atoms with Crippen molar-refractivity contribution in [1.29, 1.82) is 0 Å². The van der Waals surface area contributed by atoms with Gasteiger partial charge in [0.15, 0.2) is 16.8 Å². The van der Waals surface area contributed by atoms with Gasteiger partial charge in [-0.15, -0.1) is 10.2 Å². The molecule has 1 heterocycles. The third-order valence-corrected chi connectivity index (χ3v) is 6.53. The number of nitrogens with one attached hydrogen (secondary N) is 1. The van der Waals surface area contributed by atoms with Gasteiger partial charge in [0, 0.05) is 34.4 Å². The normalized spacial score (nSPS) is 10.8. The van der Waals surface area contributed by atoms with E-state index in [0.29, 0.717) is 32.8 Å². The Labute approximate surface area is 201 Å². The summed E-state index contributed by atoms with van der Waals surface area (Å²) in [5.74, 6) is 0.713. The highest BCUT2D eigenvalue weighted by Gasteiger charge is 2.15. The van der Waals surface area contributed by atoms with Gasteiger partial charge in [-0.05, 0) is 55.0 Å². The van der Waals surface area contributed by atoms with Gasteiger partial charge in [-0.1, -0.05) is 53.7 Å². The largest absolute Gasteiger partial charge is 0.322 e. The molecule has 0 atom stereocenters. The molecule has 0 fully saturated rings. The van der Waals surface area contributed by atoms with Crippen LogP contribution in [0.3, 0.4) is 0 Å². The molecule has 0 spiro atoms. The van der Waals surface area contributed by atoms with E-state index in [1.807, 2.05) is 67.1 Å². The Kier molecular flexibility index (Phi) is 6.91. The maximum atomic E-state index is 12.5. The molecule has 0 unspecified atom stereocenters. The Morgan fingerprint density at radius 3 is 2.39 bits per heavy atom. The van der Waals surface area contributed by atoms with E-state index in [2.05, 4.69) is 15.5 Å². The van der Waals surface area contributed by atoms with Crippen LogP contribution in [0.1, 0.15) is 26.3 Å². The van der Waals surface area contributed by atoms with Gasteiger partial charge < -0.3 is 9.88 Å². The number of hydrogen-bond acceptors (Lipinski definition) is 5. The number of aryl methyl sites for hydroxylation is 1. The van der Waals surface area contributed by atoms with Crippen LogP contribution >= 0.6 is 23.4 Å². The number of rotatable bonds is 7. The van der Waals surface area contributed by atoms with Crippen molar-refractivity contribution in [3.05, 3.63) is 94.5 Å². The van der Waals surface area contributed by atoms with Gasteiger partial charge in [0.2, 0.25) is 0 Å². The van der Waals surface area contributed by atoms with Gasteiger partial charge in [0.25, 0.3) is 5.91 Å². The molecule has 4 rings (SSSR count). The first-order chi connectivity index (χ1) is 15.9. The lowest BCUT2D eigenvalue weighted by Gasteiger charge is -2.07. The maximum Gasteiger partial charge on any atom is 0.255 e. The summed E-state index contributed by atoms with van der Waals surface area (Å²) in [6.07, 6.45) is 0. The van der Waals surface area contributed by atoms with Crippen LogP contribution in [0.15, 0.2) is 78.0 Å². The predicted octanol–water partition coefficient (Wildman–Crippen LogP) is 5.67. The summed E-state index contributed by atoms with van der Waals surface area (Å²) in [5, 5.41) is 12.6. The fourth-order valence-corrected chi connectivity index (χ4v) is 4.15. The minimum atomic E-state index is -0.166. The number of Topliss-reactive ketones (excluding diaryl/α,β-unsaturated/α-hetero) is 1. The van der Waals surface area contributed by atoms with E-state index in [1.165, 1.54) is 11.8 Å². The minimum absolute atomic E-state index is 0.0232. The third-order valence-electron chi connectivity index (χ3n) is 5.10. The second kappa shape index (κ2) is 10.0. The van der Waals surface area contributed by atoms with Crippen LogP contribution in [0.25, 0.3) is 11.4 Å². The standard InChI is InChI=1S/C25H21ClN4O2S/c1-16-8-9-19(14-21(16)26)22(31)15-33-25-29-28-23(30(25)2)17-10-12-20(13-11-17)27-24(32)18-6-4-3-5-7-18/h3-14H,15H2,1-2H3,(H,27,32). The van der Waals surface area contributed by atoms with Crippen LogP contribution in [0.2, 0.25) is 5.02 Å². The number of anilines is 1. The summed E-state index contributed by atoms with van der Waals surface area (Å²) in [6, 6.07) is 21.8. The number of aromatic nitrogens is 3. The second-order valence-electron chi connectivity index (χ2n) is 7.44. The molecule has 1 N–H and O–H groups in total. The molecule has 0 radical (unpaired) electrons. The van der Waals surface area contributed by atoms with Crippen molar-refractivity contribution < 1.29 is 9.59 Å². The highest BCUT2D eigenvalue weighted by atomic mass is 35.5. The lowest BCUT2D eigenvalue weighted by Crippen LogP contribution is -2.11. The van der Waals surface area contributed by atoms with Crippen molar-refractivity contribution >= 4 is 40.7 Å². The van der Waals surface area contributed by atoms with Crippen molar-refractivity contribution in [2.45, 2.75) is 12.1 Å². The van der Waals surface area contributed by atoms with E-state index in [0.717, 1.165) is 11.1 Å². The molecule has 33 heavy (non-hydrogen) atoms. The molecule has 4 aromatic rings. The van der Waals surface area contributed by atoms with E-state index in [9.17, 15) is 9.59 Å². The lowest BCUT2D eigenvalue weighted by molar-refractivity contribution is 0.101. The molecule has 3 aromatic carbocycles. The topological polar surface area (TPSA) is 76.9 Å². The number of halogens is 1. The molecular formula is C25H21ClN4O2S. The fraction of sp³-hybridized carbons (Fsp3) is 0.120. The Bertz CT molecular complexity index is 1300. The summed E-state index contributed by atoms with van der Waals surface area (Å²) >= 11 is 7.46. The molecule has 0 bridgehead atoms. The number of benzene rings is 3. The quantitative estimate of drug-likeness (QED) is 0.274. The van der Waals surface area contributed by atoms with Gasteiger partial charge in [-0.2, -0.15) is 0 Å². The number of carbonyl (C=O) groups is 2. The van der Waals surface area contributed by atoms with Gasteiger partial charge >= 0.3 is 0 Å². The minimum Gasteiger partial charge on any atom is -0.322 e. The number of thioether (sulfide) groups is 1. The Morgan fingerprint density at radius 1 is 0.970 bits per heavy atom. The zero-order chi connectivity index (χ0) is 23.4. The van der Waals surface area contributed by atoms with Gasteiger partial charge in [-0.3, -0.25) is 9.59 Å². The average Bonchev–Trinajstić information content (AvgIpc) is 3.20. The van der Waals surface area contributed by atoms with E-state index in [-0.39, 0.29) is 17.4 Å². The van der Waals surface area contributed by atoms with Gasteiger partial charge in [0.05, 0.1) is 5.75 Å². The molecule has 0 saturated carbocycles. The first-order valence-corrected chi connectivity index (χ1v) is 11.6. The van der Waals surface area contributed by atoms with Crippen LogP contribution in [-0.4, -0.2) is 32.2 Å². The second-order valence-corrected chi connectivity index (χ2v) is 8.79. The highest BCUT2D eigenvalue weighted by molar-refractivity contribution is 7.99. The smallest absolute Gasteiger partial charge is 0.255 e. The summed E-state index contributed by atoms with van der Waals surface area (Å²) in [6.45, 7) is 1.90. The van der Waals surface area contributed by atoms with E-state index in [4.69, 9.17) is 11.6 Å². The molecule has 8 heteroatoms. The number of ketones is 1. The zero-order valence-corrected chi connectivity index (χ0v) is 19.7. The molecule has 1 amide bonds. The summed E-state index contributed by atoms with van der Waals surface area (Å²) in [7, 11) is 1.86. The molecule has 166 valence electrons. The van der Waals surface area contributed by atoms with Crippen LogP contribution in [0.4, 0.5) is 5.69 Å². The number of carbonyl (C=O) groups excluding carboxylic acids is 2. The van der Waals surface area contributed by atoms with E-state index >= 15 is 0 Å². The number of nitrogens with zero attached hydrogens (tertiary/aromatic N) is 3. The summed E-state index contributed by atoms with van der Waals surface area (Å²) in [5.41, 5.74) is 3.65. The van der Waals surface area contributed by atoms with Crippen LogP contribution in [0, 0.1) is 6.92 Å². The first kappa shape index (κ1) is 22.8. The van der Waals surface area contributed by atoms with Crippen molar-refractivity contribution in [2.75, 3.05) is 11.1 Å². The van der Waals surface area contributed by atoms with E-state index < -0.39 is 0 Å². The monoisotopic (exact) mass is 476 g/mol. The number of hydrogen-bond donors (Lipinski definition) is 1. The lowest BCUT2D eigenvalue weighted by atomic mass is 10.1. The summed E-state index contributed by atoms with van der Waals surface area (Å²) in [4.78, 5) is 24.8. The Morgan fingerprint density at radius 2 is 1.70 bits per heavy atom. The van der Waals surface area contributed by atoms with Crippen LogP contribution < -0.4 is 5.32 Å².